The van der Waals surface area contributed by atoms with Crippen LogP contribution >= 0.6 is 11.3 Å². The predicted molar refractivity (Wildman–Crippen MR) is 99.8 cm³/mol. The Morgan fingerprint density at radius 2 is 2.04 bits per heavy atom. The molecule has 0 aliphatic heterocycles. The standard InChI is InChI=1S/C19H13N3O4S/c20-9-12-3-1-2-4-14(12)13-5-6-17(21-10-13)26-11-16(23)22-15-7-8-27-18(15)19(24)25/h1-8,10H,11H2,(H,22,23)(H,24,25). The van der Waals surface area contributed by atoms with Crippen LogP contribution in [-0.4, -0.2) is 28.6 Å². The van der Waals surface area contributed by atoms with Crippen LogP contribution in [0.25, 0.3) is 11.1 Å². The summed E-state index contributed by atoms with van der Waals surface area (Å²) in [4.78, 5) is 27.2. The highest BCUT2D eigenvalue weighted by Crippen LogP contribution is 2.24. The summed E-state index contributed by atoms with van der Waals surface area (Å²) in [5.74, 6) is -1.35. The van der Waals surface area contributed by atoms with Crippen LogP contribution < -0.4 is 10.1 Å². The van der Waals surface area contributed by atoms with Crippen molar-refractivity contribution in [1.82, 2.24) is 4.98 Å². The van der Waals surface area contributed by atoms with E-state index in [-0.39, 0.29) is 23.1 Å². The third kappa shape index (κ3) is 4.29. The minimum atomic E-state index is -1.10. The van der Waals surface area contributed by atoms with Crippen LogP contribution in [0, 0.1) is 11.3 Å². The summed E-state index contributed by atoms with van der Waals surface area (Å²) in [6.45, 7) is -0.309. The van der Waals surface area contributed by atoms with Crippen molar-refractivity contribution in [3.8, 4) is 23.1 Å². The number of nitrogens with zero attached hydrogens (tertiary/aromatic N) is 2. The highest BCUT2D eigenvalue weighted by Gasteiger charge is 2.14. The number of anilines is 1. The van der Waals surface area contributed by atoms with Gasteiger partial charge in [-0.2, -0.15) is 5.26 Å². The zero-order valence-corrected chi connectivity index (χ0v) is 14.7. The second-order valence-corrected chi connectivity index (χ2v) is 6.26. The van der Waals surface area contributed by atoms with Crippen LogP contribution in [0.3, 0.4) is 0 Å². The number of carbonyl (C=O) groups is 2. The smallest absolute Gasteiger partial charge is 0.348 e. The van der Waals surface area contributed by atoms with Crippen molar-refractivity contribution >= 4 is 28.9 Å². The lowest BCUT2D eigenvalue weighted by atomic mass is 10.0. The largest absolute Gasteiger partial charge is 0.477 e. The molecule has 0 aliphatic rings. The summed E-state index contributed by atoms with van der Waals surface area (Å²) >= 11 is 1.03. The molecule has 8 heteroatoms. The van der Waals surface area contributed by atoms with Crippen LogP contribution in [0.5, 0.6) is 5.88 Å². The van der Waals surface area contributed by atoms with E-state index in [1.165, 1.54) is 6.07 Å². The molecule has 7 nitrogen and oxygen atoms in total. The molecule has 3 rings (SSSR count). The summed E-state index contributed by atoms with van der Waals surface area (Å²) in [5, 5.41) is 22.3. The molecule has 0 spiro atoms. The first-order chi connectivity index (χ1) is 13.1. The van der Waals surface area contributed by atoms with Gasteiger partial charge in [-0.1, -0.05) is 18.2 Å². The Morgan fingerprint density at radius 1 is 1.22 bits per heavy atom. The Kier molecular flexibility index (Phi) is 5.44. The van der Waals surface area contributed by atoms with E-state index in [1.54, 1.807) is 35.8 Å². The maximum absolute atomic E-state index is 11.9. The minimum Gasteiger partial charge on any atom is -0.477 e. The Labute approximate surface area is 158 Å². The van der Waals surface area contributed by atoms with Gasteiger partial charge in [-0.05, 0) is 23.6 Å². The first kappa shape index (κ1) is 18.1. The SMILES string of the molecule is N#Cc1ccccc1-c1ccc(OCC(=O)Nc2ccsc2C(=O)O)nc1. The topological polar surface area (TPSA) is 112 Å². The van der Waals surface area contributed by atoms with Gasteiger partial charge >= 0.3 is 5.97 Å². The molecule has 2 aromatic heterocycles. The molecular weight excluding hydrogens is 366 g/mol. The molecule has 0 unspecified atom stereocenters. The normalized spacial score (nSPS) is 10.0. The number of pyridine rings is 1. The van der Waals surface area contributed by atoms with Crippen molar-refractivity contribution in [3.05, 3.63) is 64.5 Å². The monoisotopic (exact) mass is 379 g/mol. The molecule has 3 aromatic rings. The van der Waals surface area contributed by atoms with Crippen molar-refractivity contribution in [2.45, 2.75) is 0 Å². The van der Waals surface area contributed by atoms with E-state index >= 15 is 0 Å². The van der Waals surface area contributed by atoms with Crippen molar-refractivity contribution in [2.75, 3.05) is 11.9 Å². The van der Waals surface area contributed by atoms with E-state index < -0.39 is 11.9 Å². The summed E-state index contributed by atoms with van der Waals surface area (Å²) < 4.78 is 5.33. The Balaban J connectivity index is 1.62. The summed E-state index contributed by atoms with van der Waals surface area (Å²) in [7, 11) is 0. The summed E-state index contributed by atoms with van der Waals surface area (Å²) in [6, 6.07) is 14.2. The second-order valence-electron chi connectivity index (χ2n) is 5.35. The molecule has 0 atom stereocenters. The number of carboxylic acid groups (broad SMARTS) is 1. The fourth-order valence-electron chi connectivity index (χ4n) is 2.36. The number of nitrogens with one attached hydrogen (secondary N) is 1. The Bertz CT molecular complexity index is 1020. The zero-order chi connectivity index (χ0) is 19.2. The van der Waals surface area contributed by atoms with Gasteiger partial charge in [0.15, 0.2) is 6.61 Å². The first-order valence-corrected chi connectivity index (χ1v) is 8.65. The molecule has 1 amide bonds. The minimum absolute atomic E-state index is 0.0574. The fraction of sp³-hybridized carbons (Fsp3) is 0.0526. The van der Waals surface area contributed by atoms with E-state index in [0.29, 0.717) is 5.56 Å². The van der Waals surface area contributed by atoms with Crippen LogP contribution in [-0.2, 0) is 4.79 Å². The van der Waals surface area contributed by atoms with Gasteiger partial charge in [0.05, 0.1) is 17.3 Å². The Hall–Kier alpha value is -3.70. The number of hydrogen-bond acceptors (Lipinski definition) is 6. The highest BCUT2D eigenvalue weighted by atomic mass is 32.1. The number of carboxylic acids is 1. The maximum Gasteiger partial charge on any atom is 0.348 e. The number of rotatable bonds is 6. The van der Waals surface area contributed by atoms with Crippen LogP contribution in [0.4, 0.5) is 5.69 Å². The predicted octanol–water partition coefficient (Wildman–Crippen LogP) is 3.40. The lowest BCUT2D eigenvalue weighted by molar-refractivity contribution is -0.118. The number of thiophene rings is 1. The van der Waals surface area contributed by atoms with Gasteiger partial charge in [0.25, 0.3) is 5.91 Å². The molecule has 27 heavy (non-hydrogen) atoms. The second kappa shape index (κ2) is 8.12. The summed E-state index contributed by atoms with van der Waals surface area (Å²) in [5.41, 5.74) is 2.29. The molecule has 2 heterocycles. The van der Waals surface area contributed by atoms with E-state index in [9.17, 15) is 9.59 Å². The molecule has 134 valence electrons. The molecule has 0 radical (unpaired) electrons. The van der Waals surface area contributed by atoms with Crippen molar-refractivity contribution in [3.63, 3.8) is 0 Å². The van der Waals surface area contributed by atoms with Crippen LogP contribution in [0.2, 0.25) is 0 Å². The average molecular weight is 379 g/mol. The van der Waals surface area contributed by atoms with Gasteiger partial charge in [0.2, 0.25) is 5.88 Å². The number of amides is 1. The third-order valence-electron chi connectivity index (χ3n) is 3.58. The van der Waals surface area contributed by atoms with Crippen LogP contribution in [0.15, 0.2) is 54.0 Å². The van der Waals surface area contributed by atoms with E-state index in [0.717, 1.165) is 22.5 Å². The van der Waals surface area contributed by atoms with E-state index in [2.05, 4.69) is 16.4 Å². The number of aromatic nitrogens is 1. The van der Waals surface area contributed by atoms with Gasteiger partial charge in [-0.3, -0.25) is 4.79 Å². The van der Waals surface area contributed by atoms with E-state index in [4.69, 9.17) is 15.1 Å². The van der Waals surface area contributed by atoms with Gasteiger partial charge in [-0.15, -0.1) is 11.3 Å². The number of nitriles is 1. The molecule has 0 saturated heterocycles. The number of hydrogen-bond donors (Lipinski definition) is 2. The molecule has 0 aliphatic carbocycles. The lowest BCUT2D eigenvalue weighted by Gasteiger charge is -2.08. The van der Waals surface area contributed by atoms with Gasteiger partial charge < -0.3 is 15.2 Å². The molecule has 0 saturated carbocycles. The highest BCUT2D eigenvalue weighted by molar-refractivity contribution is 7.12. The molecular formula is C19H13N3O4S. The number of aromatic carboxylic acids is 1. The van der Waals surface area contributed by atoms with Gasteiger partial charge in [0.1, 0.15) is 4.88 Å². The quantitative estimate of drug-likeness (QED) is 0.679. The maximum atomic E-state index is 11.9. The van der Waals surface area contributed by atoms with Gasteiger partial charge in [-0.25, -0.2) is 9.78 Å². The summed E-state index contributed by atoms with van der Waals surface area (Å²) in [6.07, 6.45) is 1.56. The molecule has 2 N–H and O–H groups in total. The number of benzene rings is 1. The third-order valence-corrected chi connectivity index (χ3v) is 4.48. The lowest BCUT2D eigenvalue weighted by Crippen LogP contribution is -2.21. The first-order valence-electron chi connectivity index (χ1n) is 7.77. The van der Waals surface area contributed by atoms with E-state index in [1.807, 2.05) is 12.1 Å². The van der Waals surface area contributed by atoms with Crippen molar-refractivity contribution in [2.24, 2.45) is 0 Å². The Morgan fingerprint density at radius 3 is 2.74 bits per heavy atom. The number of carbonyl (C=O) groups excluding carboxylic acids is 1. The fourth-order valence-corrected chi connectivity index (χ4v) is 3.04. The number of ether oxygens (including phenoxy) is 1. The van der Waals surface area contributed by atoms with Gasteiger partial charge in [0, 0.05) is 23.4 Å². The molecule has 0 fully saturated rings. The van der Waals surface area contributed by atoms with Crippen molar-refractivity contribution in [1.29, 1.82) is 5.26 Å². The molecule has 0 bridgehead atoms. The van der Waals surface area contributed by atoms with Crippen LogP contribution in [0.1, 0.15) is 15.2 Å². The zero-order valence-electron chi connectivity index (χ0n) is 13.9. The average Bonchev–Trinajstić information content (AvgIpc) is 3.15. The van der Waals surface area contributed by atoms with Crippen molar-refractivity contribution < 1.29 is 19.4 Å². The molecule has 1 aromatic carbocycles.